The second-order valence-corrected chi connectivity index (χ2v) is 10.9. The van der Waals surface area contributed by atoms with E-state index in [1.165, 1.54) is 0 Å². The Balaban J connectivity index is 1.36. The van der Waals surface area contributed by atoms with Gasteiger partial charge in [0.05, 0.1) is 0 Å². The van der Waals surface area contributed by atoms with Crippen molar-refractivity contribution in [1.82, 2.24) is 0 Å². The molecular formula is C42H33N3. The van der Waals surface area contributed by atoms with Crippen molar-refractivity contribution in [3.63, 3.8) is 0 Å². The highest BCUT2D eigenvalue weighted by Crippen LogP contribution is 2.42. The first-order chi connectivity index (χ1) is 22.2. The molecular weight excluding hydrogens is 546 g/mol. The summed E-state index contributed by atoms with van der Waals surface area (Å²) in [7, 11) is 0. The summed E-state index contributed by atoms with van der Waals surface area (Å²) in [5.41, 5.74) is 18.0. The lowest BCUT2D eigenvalue weighted by Gasteiger charge is -2.27. The molecule has 0 spiro atoms. The molecule has 0 bridgehead atoms. The minimum atomic E-state index is 0.752. The zero-order valence-corrected chi connectivity index (χ0v) is 24.9. The highest BCUT2D eigenvalue weighted by molar-refractivity contribution is 5.90. The van der Waals surface area contributed by atoms with Crippen LogP contribution in [0.5, 0.6) is 0 Å². The fourth-order valence-corrected chi connectivity index (χ4v) is 5.82. The molecule has 7 aromatic rings. The third-order valence-electron chi connectivity index (χ3n) is 7.98. The van der Waals surface area contributed by atoms with E-state index in [-0.39, 0.29) is 0 Å². The lowest BCUT2D eigenvalue weighted by atomic mass is 9.93. The number of nitrogens with two attached hydrogens (primary N) is 1. The Labute approximate surface area is 265 Å². The monoisotopic (exact) mass is 579 g/mol. The van der Waals surface area contributed by atoms with Crippen molar-refractivity contribution >= 4 is 39.8 Å². The fourth-order valence-electron chi connectivity index (χ4n) is 5.82. The first kappa shape index (κ1) is 27.8. The molecule has 45 heavy (non-hydrogen) atoms. The quantitative estimate of drug-likeness (QED) is 0.182. The number of hydrogen-bond donors (Lipinski definition) is 1. The maximum Gasteiger partial charge on any atom is 0.0468 e. The number of para-hydroxylation sites is 4. The van der Waals surface area contributed by atoms with E-state index >= 15 is 0 Å². The molecule has 3 nitrogen and oxygen atoms in total. The molecule has 0 atom stereocenters. The van der Waals surface area contributed by atoms with Gasteiger partial charge in [-0.3, -0.25) is 0 Å². The molecule has 216 valence electrons. The van der Waals surface area contributed by atoms with Crippen LogP contribution in [0.15, 0.2) is 188 Å². The van der Waals surface area contributed by atoms with Gasteiger partial charge in [-0.15, -0.1) is 0 Å². The van der Waals surface area contributed by atoms with Crippen LogP contribution in [0, 0.1) is 0 Å². The van der Waals surface area contributed by atoms with Gasteiger partial charge in [0.15, 0.2) is 0 Å². The van der Waals surface area contributed by atoms with E-state index < -0.39 is 0 Å². The topological polar surface area (TPSA) is 32.5 Å². The molecule has 0 saturated heterocycles. The van der Waals surface area contributed by atoms with Crippen molar-refractivity contribution in [1.29, 1.82) is 0 Å². The van der Waals surface area contributed by atoms with Crippen molar-refractivity contribution in [3.05, 3.63) is 188 Å². The molecule has 3 heteroatoms. The molecule has 0 aliphatic rings. The van der Waals surface area contributed by atoms with Gasteiger partial charge in [-0.2, -0.15) is 0 Å². The average Bonchev–Trinajstić information content (AvgIpc) is 3.11. The molecule has 7 aromatic carbocycles. The Hall–Kier alpha value is -6.06. The largest absolute Gasteiger partial charge is 0.399 e. The standard InChI is InChI=1S/C42H33N3/c43-34-25-21-32(22-26-34)41-30-29-40(45(37-17-9-3-10-18-37)38-19-11-4-12-20-38)31-42(41)33-23-27-39(28-24-33)44(35-13-5-1-6-14-35)36-15-7-2-8-16-36/h1-31H,43H2. The van der Waals surface area contributed by atoms with E-state index in [2.05, 4.69) is 186 Å². The van der Waals surface area contributed by atoms with E-state index in [1.807, 2.05) is 12.1 Å². The molecule has 2 N–H and O–H groups in total. The van der Waals surface area contributed by atoms with Crippen molar-refractivity contribution in [2.75, 3.05) is 15.5 Å². The molecule has 0 heterocycles. The summed E-state index contributed by atoms with van der Waals surface area (Å²) in [6, 6.07) is 65.8. The van der Waals surface area contributed by atoms with Crippen LogP contribution in [0.25, 0.3) is 22.3 Å². The second-order valence-electron chi connectivity index (χ2n) is 10.9. The van der Waals surface area contributed by atoms with Crippen LogP contribution in [0.1, 0.15) is 0 Å². The first-order valence-corrected chi connectivity index (χ1v) is 15.2. The predicted molar refractivity (Wildman–Crippen MR) is 191 cm³/mol. The summed E-state index contributed by atoms with van der Waals surface area (Å²) < 4.78 is 0. The highest BCUT2D eigenvalue weighted by Gasteiger charge is 2.17. The van der Waals surface area contributed by atoms with Crippen LogP contribution >= 0.6 is 0 Å². The number of nitrogen functional groups attached to an aromatic ring is 1. The summed E-state index contributed by atoms with van der Waals surface area (Å²) in [6.45, 7) is 0. The Kier molecular flexibility index (Phi) is 7.81. The van der Waals surface area contributed by atoms with Gasteiger partial charge in [-0.25, -0.2) is 0 Å². The third-order valence-corrected chi connectivity index (χ3v) is 7.98. The molecule has 0 amide bonds. The van der Waals surface area contributed by atoms with Crippen LogP contribution < -0.4 is 15.5 Å². The normalized spacial score (nSPS) is 10.8. The smallest absolute Gasteiger partial charge is 0.0468 e. The second kappa shape index (κ2) is 12.7. The zero-order chi connectivity index (χ0) is 30.4. The van der Waals surface area contributed by atoms with E-state index in [0.717, 1.165) is 62.1 Å². The van der Waals surface area contributed by atoms with Crippen LogP contribution in [0.4, 0.5) is 39.8 Å². The summed E-state index contributed by atoms with van der Waals surface area (Å²) in [6.07, 6.45) is 0. The average molecular weight is 580 g/mol. The van der Waals surface area contributed by atoms with Crippen LogP contribution in [0.2, 0.25) is 0 Å². The van der Waals surface area contributed by atoms with Crippen LogP contribution in [-0.2, 0) is 0 Å². The van der Waals surface area contributed by atoms with Crippen LogP contribution in [-0.4, -0.2) is 0 Å². The zero-order valence-electron chi connectivity index (χ0n) is 24.9. The predicted octanol–water partition coefficient (Wildman–Crippen LogP) is 11.5. The van der Waals surface area contributed by atoms with Gasteiger partial charge >= 0.3 is 0 Å². The molecule has 0 radical (unpaired) electrons. The van der Waals surface area contributed by atoms with Gasteiger partial charge in [-0.1, -0.05) is 103 Å². The van der Waals surface area contributed by atoms with Crippen LogP contribution in [0.3, 0.4) is 0 Å². The van der Waals surface area contributed by atoms with Gasteiger partial charge < -0.3 is 15.5 Å². The van der Waals surface area contributed by atoms with Crippen molar-refractivity contribution < 1.29 is 0 Å². The lowest BCUT2D eigenvalue weighted by Crippen LogP contribution is -2.10. The molecule has 0 saturated carbocycles. The number of nitrogens with zero attached hydrogens (tertiary/aromatic N) is 2. The minimum absolute atomic E-state index is 0.752. The summed E-state index contributed by atoms with van der Waals surface area (Å²) in [4.78, 5) is 4.59. The Bertz CT molecular complexity index is 1890. The molecule has 0 unspecified atom stereocenters. The lowest BCUT2D eigenvalue weighted by molar-refractivity contribution is 1.28. The van der Waals surface area contributed by atoms with Crippen molar-refractivity contribution in [3.8, 4) is 22.3 Å². The number of benzene rings is 7. The van der Waals surface area contributed by atoms with Crippen molar-refractivity contribution in [2.24, 2.45) is 0 Å². The summed E-state index contributed by atoms with van der Waals surface area (Å²) in [5, 5.41) is 0. The third kappa shape index (κ3) is 5.93. The maximum absolute atomic E-state index is 6.08. The SMILES string of the molecule is Nc1ccc(-c2ccc(N(c3ccccc3)c3ccccc3)cc2-c2ccc(N(c3ccccc3)c3ccccc3)cc2)cc1. The maximum atomic E-state index is 6.08. The molecule has 7 rings (SSSR count). The van der Waals surface area contributed by atoms with Gasteiger partial charge in [0.25, 0.3) is 0 Å². The van der Waals surface area contributed by atoms with E-state index in [9.17, 15) is 0 Å². The van der Waals surface area contributed by atoms with Crippen molar-refractivity contribution in [2.45, 2.75) is 0 Å². The number of anilines is 7. The van der Waals surface area contributed by atoms with Gasteiger partial charge in [0.1, 0.15) is 0 Å². The summed E-state index contributed by atoms with van der Waals surface area (Å²) in [5.74, 6) is 0. The number of hydrogen-bond acceptors (Lipinski definition) is 3. The number of rotatable bonds is 8. The van der Waals surface area contributed by atoms with E-state index in [1.54, 1.807) is 0 Å². The molecule has 0 fully saturated rings. The molecule has 0 aromatic heterocycles. The van der Waals surface area contributed by atoms with Gasteiger partial charge in [0.2, 0.25) is 0 Å². The van der Waals surface area contributed by atoms with Gasteiger partial charge in [-0.05, 0) is 107 Å². The van der Waals surface area contributed by atoms with Gasteiger partial charge in [0, 0.05) is 39.8 Å². The summed E-state index contributed by atoms with van der Waals surface area (Å²) >= 11 is 0. The first-order valence-electron chi connectivity index (χ1n) is 15.2. The highest BCUT2D eigenvalue weighted by atomic mass is 15.1. The van der Waals surface area contributed by atoms with E-state index in [4.69, 9.17) is 5.73 Å². The molecule has 0 aliphatic heterocycles. The Morgan fingerprint density at radius 2 is 0.622 bits per heavy atom. The molecule has 0 aliphatic carbocycles. The fraction of sp³-hybridized carbons (Fsp3) is 0. The Morgan fingerprint density at radius 3 is 1.07 bits per heavy atom. The van der Waals surface area contributed by atoms with E-state index in [0.29, 0.717) is 0 Å². The minimum Gasteiger partial charge on any atom is -0.399 e. The Morgan fingerprint density at radius 1 is 0.289 bits per heavy atom.